The number of aliphatic hydroxyl groups excluding tert-OH is 1. The van der Waals surface area contributed by atoms with E-state index in [1.165, 1.54) is 43.2 Å². The molecule has 2 aliphatic rings. The molecular formula is C19H30N2O. The van der Waals surface area contributed by atoms with E-state index in [1.807, 2.05) is 0 Å². The number of benzene rings is 1. The second-order valence-electron chi connectivity index (χ2n) is 7.04. The van der Waals surface area contributed by atoms with Crippen molar-refractivity contribution in [2.24, 2.45) is 0 Å². The molecule has 22 heavy (non-hydrogen) atoms. The summed E-state index contributed by atoms with van der Waals surface area (Å²) in [5, 5.41) is 13.9. The average molecular weight is 302 g/mol. The standard InChI is InChI=1S/C19H30N2O/c1-15-6-2-3-7-16(15)14-20-17-10-12-21(13-11-17)18-8-4-5-9-19(18)22/h2-3,6-7,17-20,22H,4-5,8-14H2,1H3. The minimum Gasteiger partial charge on any atom is -0.391 e. The summed E-state index contributed by atoms with van der Waals surface area (Å²) in [5.74, 6) is 0. The quantitative estimate of drug-likeness (QED) is 0.898. The van der Waals surface area contributed by atoms with E-state index in [9.17, 15) is 5.11 Å². The van der Waals surface area contributed by atoms with Crippen LogP contribution in [0.15, 0.2) is 24.3 Å². The van der Waals surface area contributed by atoms with Crippen LogP contribution in [0.4, 0.5) is 0 Å². The second-order valence-corrected chi connectivity index (χ2v) is 7.04. The van der Waals surface area contributed by atoms with E-state index in [-0.39, 0.29) is 6.10 Å². The highest BCUT2D eigenvalue weighted by Gasteiger charge is 2.31. The average Bonchev–Trinajstić information content (AvgIpc) is 2.55. The molecule has 0 radical (unpaired) electrons. The Morgan fingerprint density at radius 1 is 1.09 bits per heavy atom. The highest BCUT2D eigenvalue weighted by Crippen LogP contribution is 2.26. The topological polar surface area (TPSA) is 35.5 Å². The summed E-state index contributed by atoms with van der Waals surface area (Å²) in [6.07, 6.45) is 6.98. The third-order valence-corrected chi connectivity index (χ3v) is 5.53. The van der Waals surface area contributed by atoms with E-state index in [1.54, 1.807) is 0 Å². The minimum absolute atomic E-state index is 0.0924. The third kappa shape index (κ3) is 3.89. The van der Waals surface area contributed by atoms with Gasteiger partial charge in [0.25, 0.3) is 0 Å². The molecule has 2 fully saturated rings. The molecule has 0 amide bonds. The van der Waals surface area contributed by atoms with Crippen LogP contribution in [-0.2, 0) is 6.54 Å². The fourth-order valence-electron chi connectivity index (χ4n) is 4.02. The van der Waals surface area contributed by atoms with Gasteiger partial charge in [-0.1, -0.05) is 37.1 Å². The highest BCUT2D eigenvalue weighted by molar-refractivity contribution is 5.25. The van der Waals surface area contributed by atoms with Gasteiger partial charge < -0.3 is 10.4 Å². The van der Waals surface area contributed by atoms with Gasteiger partial charge in [-0.15, -0.1) is 0 Å². The Kier molecular flexibility index (Phi) is 5.51. The number of hydrogen-bond acceptors (Lipinski definition) is 3. The van der Waals surface area contributed by atoms with Crippen molar-refractivity contribution in [3.05, 3.63) is 35.4 Å². The van der Waals surface area contributed by atoms with Gasteiger partial charge in [-0.3, -0.25) is 4.90 Å². The number of aliphatic hydroxyl groups is 1. The monoisotopic (exact) mass is 302 g/mol. The van der Waals surface area contributed by atoms with Gasteiger partial charge in [-0.2, -0.15) is 0 Å². The SMILES string of the molecule is Cc1ccccc1CNC1CCN(C2CCCCC2O)CC1. The van der Waals surface area contributed by atoms with Crippen molar-refractivity contribution < 1.29 is 5.11 Å². The molecule has 122 valence electrons. The van der Waals surface area contributed by atoms with Gasteiger partial charge in [0.2, 0.25) is 0 Å². The van der Waals surface area contributed by atoms with Crippen molar-refractivity contribution in [1.29, 1.82) is 0 Å². The molecule has 3 heteroatoms. The van der Waals surface area contributed by atoms with Crippen molar-refractivity contribution >= 4 is 0 Å². The first-order valence-electron chi connectivity index (χ1n) is 8.94. The van der Waals surface area contributed by atoms with E-state index >= 15 is 0 Å². The van der Waals surface area contributed by atoms with E-state index < -0.39 is 0 Å². The molecule has 1 aromatic rings. The van der Waals surface area contributed by atoms with Crippen LogP contribution in [0, 0.1) is 6.92 Å². The summed E-state index contributed by atoms with van der Waals surface area (Å²) in [7, 11) is 0. The molecule has 2 N–H and O–H groups in total. The number of rotatable bonds is 4. The number of aryl methyl sites for hydroxylation is 1. The maximum Gasteiger partial charge on any atom is 0.0695 e. The Bertz CT molecular complexity index is 468. The summed E-state index contributed by atoms with van der Waals surface area (Å²) >= 11 is 0. The number of piperidine rings is 1. The second kappa shape index (κ2) is 7.58. The molecule has 2 atom stereocenters. The first kappa shape index (κ1) is 16.0. The van der Waals surface area contributed by atoms with E-state index in [0.29, 0.717) is 12.1 Å². The van der Waals surface area contributed by atoms with Crippen LogP contribution >= 0.6 is 0 Å². The summed E-state index contributed by atoms with van der Waals surface area (Å²) in [4.78, 5) is 2.54. The molecule has 1 aromatic carbocycles. The molecule has 3 rings (SSSR count). The van der Waals surface area contributed by atoms with Crippen LogP contribution < -0.4 is 5.32 Å². The number of hydrogen-bond donors (Lipinski definition) is 2. The van der Waals surface area contributed by atoms with E-state index in [2.05, 4.69) is 41.4 Å². The zero-order valence-electron chi connectivity index (χ0n) is 13.8. The smallest absolute Gasteiger partial charge is 0.0695 e. The van der Waals surface area contributed by atoms with Crippen LogP contribution in [0.25, 0.3) is 0 Å². The Morgan fingerprint density at radius 3 is 2.55 bits per heavy atom. The summed E-state index contributed by atoms with van der Waals surface area (Å²) in [6.45, 7) is 5.42. The summed E-state index contributed by atoms with van der Waals surface area (Å²) in [6, 6.07) is 9.67. The van der Waals surface area contributed by atoms with Crippen LogP contribution in [0.5, 0.6) is 0 Å². The molecule has 0 spiro atoms. The predicted octanol–water partition coefficient (Wildman–Crippen LogP) is 2.85. The maximum atomic E-state index is 10.2. The summed E-state index contributed by atoms with van der Waals surface area (Å²) < 4.78 is 0. The molecule has 0 bridgehead atoms. The number of nitrogens with one attached hydrogen (secondary N) is 1. The van der Waals surface area contributed by atoms with Crippen molar-refractivity contribution in [3.8, 4) is 0 Å². The summed E-state index contributed by atoms with van der Waals surface area (Å²) in [5.41, 5.74) is 2.78. The fraction of sp³-hybridized carbons (Fsp3) is 0.684. The first-order chi connectivity index (χ1) is 10.7. The maximum absolute atomic E-state index is 10.2. The molecule has 3 nitrogen and oxygen atoms in total. The Labute approximate surface area is 134 Å². The van der Waals surface area contributed by atoms with Gasteiger partial charge in [-0.25, -0.2) is 0 Å². The first-order valence-corrected chi connectivity index (χ1v) is 8.94. The lowest BCUT2D eigenvalue weighted by atomic mass is 9.89. The Balaban J connectivity index is 1.45. The molecule has 1 heterocycles. The molecule has 2 unspecified atom stereocenters. The van der Waals surface area contributed by atoms with Crippen LogP contribution in [0.1, 0.15) is 49.7 Å². The molecule has 1 aliphatic carbocycles. The molecule has 1 saturated heterocycles. The van der Waals surface area contributed by atoms with E-state index in [0.717, 1.165) is 26.1 Å². The lowest BCUT2D eigenvalue weighted by Crippen LogP contribution is -2.51. The van der Waals surface area contributed by atoms with Crippen molar-refractivity contribution in [2.75, 3.05) is 13.1 Å². The van der Waals surface area contributed by atoms with Gasteiger partial charge in [0.1, 0.15) is 0 Å². The fourth-order valence-corrected chi connectivity index (χ4v) is 4.02. The number of nitrogens with zero attached hydrogens (tertiary/aromatic N) is 1. The Hall–Kier alpha value is -0.900. The lowest BCUT2D eigenvalue weighted by molar-refractivity contribution is 0.00714. The molecule has 0 aromatic heterocycles. The molecular weight excluding hydrogens is 272 g/mol. The van der Waals surface area contributed by atoms with Crippen LogP contribution in [0.2, 0.25) is 0 Å². The molecule has 1 saturated carbocycles. The highest BCUT2D eigenvalue weighted by atomic mass is 16.3. The van der Waals surface area contributed by atoms with Crippen molar-refractivity contribution in [2.45, 2.75) is 70.2 Å². The third-order valence-electron chi connectivity index (χ3n) is 5.53. The zero-order valence-corrected chi connectivity index (χ0v) is 13.8. The van der Waals surface area contributed by atoms with Gasteiger partial charge in [0.15, 0.2) is 0 Å². The lowest BCUT2D eigenvalue weighted by Gasteiger charge is -2.41. The normalized spacial score (nSPS) is 27.9. The largest absolute Gasteiger partial charge is 0.391 e. The minimum atomic E-state index is -0.0924. The van der Waals surface area contributed by atoms with E-state index in [4.69, 9.17) is 0 Å². The van der Waals surface area contributed by atoms with Gasteiger partial charge >= 0.3 is 0 Å². The van der Waals surface area contributed by atoms with Crippen molar-refractivity contribution in [3.63, 3.8) is 0 Å². The van der Waals surface area contributed by atoms with Gasteiger partial charge in [0, 0.05) is 31.7 Å². The van der Waals surface area contributed by atoms with Gasteiger partial charge in [-0.05, 0) is 43.7 Å². The van der Waals surface area contributed by atoms with Gasteiger partial charge in [0.05, 0.1) is 6.10 Å². The Morgan fingerprint density at radius 2 is 1.82 bits per heavy atom. The molecule has 1 aliphatic heterocycles. The van der Waals surface area contributed by atoms with Crippen LogP contribution in [-0.4, -0.2) is 41.3 Å². The van der Waals surface area contributed by atoms with Crippen molar-refractivity contribution in [1.82, 2.24) is 10.2 Å². The number of likely N-dealkylation sites (tertiary alicyclic amines) is 1. The zero-order chi connectivity index (χ0) is 15.4. The van der Waals surface area contributed by atoms with Crippen LogP contribution in [0.3, 0.4) is 0 Å². The predicted molar refractivity (Wildman–Crippen MR) is 90.9 cm³/mol.